The Balaban J connectivity index is 1.14. The third-order valence-electron chi connectivity index (χ3n) is 11.5. The number of nitrogens with zero attached hydrogens (tertiary/aromatic N) is 1. The van der Waals surface area contributed by atoms with E-state index in [1.165, 1.54) is 11.8 Å². The van der Waals surface area contributed by atoms with Gasteiger partial charge in [0.2, 0.25) is 11.8 Å². The van der Waals surface area contributed by atoms with E-state index in [1.807, 2.05) is 60.7 Å². The van der Waals surface area contributed by atoms with Crippen molar-refractivity contribution in [1.29, 1.82) is 5.41 Å². The molecule has 5 fully saturated rings. The largest absolute Gasteiger partial charge is 0.481 e. The molecule has 0 spiro atoms. The Morgan fingerprint density at radius 3 is 2.44 bits per heavy atom. The minimum atomic E-state index is -0.923. The SMILES string of the molecule is CC1(C)[C@@H]2C[C@H]3OB(C(CCCSC(=N)N)NC(=O)[C@@H]4CCCN4C(=O)[C@@H](Cc4ccccc4)NC(=O)OCc4ccccc4)O[C@@]3(C)[C@H]1C2. The van der Waals surface area contributed by atoms with E-state index < -0.39 is 36.8 Å². The zero-order valence-corrected chi connectivity index (χ0v) is 30.1. The average molecular weight is 704 g/mol. The molecule has 2 heterocycles. The van der Waals surface area contributed by atoms with Crippen LogP contribution < -0.4 is 16.4 Å². The topological polar surface area (TPSA) is 156 Å². The average Bonchev–Trinajstić information content (AvgIpc) is 3.73. The fourth-order valence-corrected chi connectivity index (χ4v) is 9.10. The van der Waals surface area contributed by atoms with E-state index in [-0.39, 0.29) is 41.5 Å². The van der Waals surface area contributed by atoms with Gasteiger partial charge in [-0.1, -0.05) is 86.3 Å². The van der Waals surface area contributed by atoms with Crippen LogP contribution in [0.25, 0.3) is 0 Å². The number of carbonyl (C=O) groups is 3. The Morgan fingerprint density at radius 1 is 1.06 bits per heavy atom. The van der Waals surface area contributed by atoms with Gasteiger partial charge in [-0.25, -0.2) is 4.79 Å². The summed E-state index contributed by atoms with van der Waals surface area (Å²) in [6.45, 7) is 7.27. The van der Waals surface area contributed by atoms with Gasteiger partial charge in [0.15, 0.2) is 5.17 Å². The Kier molecular flexibility index (Phi) is 11.1. The monoisotopic (exact) mass is 703 g/mol. The molecule has 0 aromatic heterocycles. The molecule has 1 unspecified atom stereocenters. The van der Waals surface area contributed by atoms with E-state index in [0.29, 0.717) is 49.8 Å². The third-order valence-corrected chi connectivity index (χ3v) is 12.3. The van der Waals surface area contributed by atoms with Gasteiger partial charge in [-0.2, -0.15) is 0 Å². The van der Waals surface area contributed by atoms with Crippen LogP contribution >= 0.6 is 11.8 Å². The van der Waals surface area contributed by atoms with E-state index in [9.17, 15) is 14.4 Å². The summed E-state index contributed by atoms with van der Waals surface area (Å²) < 4.78 is 18.8. The summed E-state index contributed by atoms with van der Waals surface area (Å²) in [6, 6.07) is 17.2. The molecule has 0 radical (unpaired) electrons. The molecular weight excluding hydrogens is 653 g/mol. The molecule has 268 valence electrons. The summed E-state index contributed by atoms with van der Waals surface area (Å²) in [4.78, 5) is 42.9. The molecule has 11 nitrogen and oxygen atoms in total. The number of ether oxygens (including phenoxy) is 1. The van der Waals surface area contributed by atoms with Crippen LogP contribution in [0.5, 0.6) is 0 Å². The standard InChI is InChI=1S/C37H50BN5O6S/c1-36(2)26-21-29(36)37(3)30(22-26)48-38(49-37)31(17-11-19-50-34(39)40)42-32(44)28-16-10-18-43(28)33(45)27(20-24-12-6-4-7-13-24)41-35(46)47-23-25-14-8-5-9-15-25/h4-9,12-15,26-31H,10-11,16-23H2,1-3H3,(H3,39,40)(H,41,46)(H,42,44)/t26-,27+,28-,29-,30+,31?,37-/m0/s1. The second kappa shape index (κ2) is 15.4. The number of hydrogen-bond acceptors (Lipinski definition) is 8. The molecule has 2 aliphatic heterocycles. The van der Waals surface area contributed by atoms with Gasteiger partial charge < -0.3 is 35.3 Å². The fourth-order valence-electron chi connectivity index (χ4n) is 8.57. The van der Waals surface area contributed by atoms with Crippen LogP contribution in [0.3, 0.4) is 0 Å². The number of benzene rings is 2. The zero-order valence-electron chi connectivity index (χ0n) is 29.3. The van der Waals surface area contributed by atoms with Crippen LogP contribution in [0, 0.1) is 22.7 Å². The van der Waals surface area contributed by atoms with Gasteiger partial charge in [0.25, 0.3) is 0 Å². The minimum absolute atomic E-state index is 0.0358. The van der Waals surface area contributed by atoms with Crippen LogP contribution in [-0.2, 0) is 36.7 Å². The van der Waals surface area contributed by atoms with E-state index in [2.05, 4.69) is 31.4 Å². The Hall–Kier alpha value is -3.55. The van der Waals surface area contributed by atoms with Crippen molar-refractivity contribution in [3.8, 4) is 0 Å². The number of hydrogen-bond donors (Lipinski definition) is 4. The first-order valence-electron chi connectivity index (χ1n) is 17.9. The van der Waals surface area contributed by atoms with Crippen LogP contribution in [0.4, 0.5) is 4.79 Å². The van der Waals surface area contributed by atoms with Gasteiger partial charge in [-0.05, 0) is 73.8 Å². The lowest BCUT2D eigenvalue weighted by molar-refractivity contribution is -0.199. The van der Waals surface area contributed by atoms with Crippen molar-refractivity contribution in [1.82, 2.24) is 15.5 Å². The quantitative estimate of drug-likeness (QED) is 0.102. The number of amides is 3. The second-order valence-corrected chi connectivity index (χ2v) is 16.1. The first-order chi connectivity index (χ1) is 24.0. The number of likely N-dealkylation sites (tertiary alicyclic amines) is 1. The highest BCUT2D eigenvalue weighted by molar-refractivity contribution is 8.13. The van der Waals surface area contributed by atoms with Gasteiger partial charge in [-0.3, -0.25) is 15.0 Å². The van der Waals surface area contributed by atoms with Crippen LogP contribution in [0.15, 0.2) is 60.7 Å². The van der Waals surface area contributed by atoms with Gasteiger partial charge >= 0.3 is 13.2 Å². The summed E-state index contributed by atoms with van der Waals surface area (Å²) in [7, 11) is -0.621. The molecule has 7 atom stereocenters. The molecule has 2 bridgehead atoms. The van der Waals surface area contributed by atoms with Gasteiger partial charge in [-0.15, -0.1) is 0 Å². The van der Waals surface area contributed by atoms with Crippen molar-refractivity contribution in [3.63, 3.8) is 0 Å². The molecule has 5 N–H and O–H groups in total. The molecule has 3 saturated carbocycles. The van der Waals surface area contributed by atoms with Gasteiger partial charge in [0.05, 0.1) is 17.6 Å². The van der Waals surface area contributed by atoms with Crippen LogP contribution in [0.2, 0.25) is 0 Å². The highest BCUT2D eigenvalue weighted by atomic mass is 32.2. The Morgan fingerprint density at radius 2 is 1.76 bits per heavy atom. The van der Waals surface area contributed by atoms with E-state index in [1.54, 1.807) is 4.90 Å². The molecule has 7 rings (SSSR count). The summed E-state index contributed by atoms with van der Waals surface area (Å²) in [5, 5.41) is 13.7. The van der Waals surface area contributed by atoms with Crippen LogP contribution in [0.1, 0.15) is 70.4 Å². The molecule has 3 amide bonds. The van der Waals surface area contributed by atoms with Crippen molar-refractivity contribution in [2.75, 3.05) is 12.3 Å². The fraction of sp³-hybridized carbons (Fsp3) is 0.568. The summed E-state index contributed by atoms with van der Waals surface area (Å²) in [5.41, 5.74) is 7.05. The lowest BCUT2D eigenvalue weighted by Gasteiger charge is -2.64. The lowest BCUT2D eigenvalue weighted by atomic mass is 9.43. The number of amidine groups is 1. The van der Waals surface area contributed by atoms with E-state index in [0.717, 1.165) is 24.0 Å². The molecule has 13 heteroatoms. The molecule has 2 aromatic carbocycles. The summed E-state index contributed by atoms with van der Waals surface area (Å²) in [6.07, 6.45) is 4.02. The van der Waals surface area contributed by atoms with Gasteiger partial charge in [0, 0.05) is 18.7 Å². The van der Waals surface area contributed by atoms with Gasteiger partial charge in [0.1, 0.15) is 18.7 Å². The number of carbonyl (C=O) groups excluding carboxylic acids is 3. The molecular formula is C37H50BN5O6S. The zero-order chi connectivity index (χ0) is 35.5. The number of rotatable bonds is 13. The number of nitrogens with two attached hydrogens (primary N) is 1. The van der Waals surface area contributed by atoms with E-state index >= 15 is 0 Å². The molecule has 2 aromatic rings. The van der Waals surface area contributed by atoms with Crippen molar-refractivity contribution >= 4 is 42.0 Å². The number of alkyl carbamates (subject to hydrolysis) is 1. The minimum Gasteiger partial charge on any atom is -0.445 e. The summed E-state index contributed by atoms with van der Waals surface area (Å²) >= 11 is 1.27. The molecule has 5 aliphatic rings. The van der Waals surface area contributed by atoms with Crippen molar-refractivity contribution in [2.24, 2.45) is 23.0 Å². The van der Waals surface area contributed by atoms with Crippen molar-refractivity contribution in [2.45, 2.75) is 102 Å². The molecule has 2 saturated heterocycles. The maximum atomic E-state index is 14.2. The highest BCUT2D eigenvalue weighted by Crippen LogP contribution is 2.65. The third kappa shape index (κ3) is 7.84. The van der Waals surface area contributed by atoms with Crippen LogP contribution in [-0.4, -0.2) is 77.1 Å². The molecule has 50 heavy (non-hydrogen) atoms. The highest BCUT2D eigenvalue weighted by Gasteiger charge is 2.68. The maximum Gasteiger partial charge on any atom is 0.481 e. The first kappa shape index (κ1) is 36.3. The van der Waals surface area contributed by atoms with E-state index in [4.69, 9.17) is 25.2 Å². The number of thioether (sulfide) groups is 1. The predicted molar refractivity (Wildman–Crippen MR) is 194 cm³/mol. The second-order valence-electron chi connectivity index (χ2n) is 14.9. The summed E-state index contributed by atoms with van der Waals surface area (Å²) in [5.74, 6) is 0.576. The normalized spacial score (nSPS) is 27.4. The predicted octanol–water partition coefficient (Wildman–Crippen LogP) is 4.67. The Labute approximate surface area is 299 Å². The van der Waals surface area contributed by atoms with Crippen molar-refractivity contribution < 1.29 is 28.4 Å². The molecule has 3 aliphatic carbocycles. The number of nitrogens with one attached hydrogen (secondary N) is 3. The lowest BCUT2D eigenvalue weighted by Crippen LogP contribution is -2.65. The van der Waals surface area contributed by atoms with Crippen molar-refractivity contribution in [3.05, 3.63) is 71.8 Å². The maximum absolute atomic E-state index is 14.2. The Bertz CT molecular complexity index is 1530. The smallest absolute Gasteiger partial charge is 0.445 e. The first-order valence-corrected chi connectivity index (χ1v) is 18.9.